The summed E-state index contributed by atoms with van der Waals surface area (Å²) in [7, 11) is 0. The first-order chi connectivity index (χ1) is 41.4. The summed E-state index contributed by atoms with van der Waals surface area (Å²) in [5, 5.41) is 136. The van der Waals surface area contributed by atoms with Gasteiger partial charge in [-0.2, -0.15) is 0 Å². The summed E-state index contributed by atoms with van der Waals surface area (Å²) in [6.07, 6.45) is 10.9. The third kappa shape index (κ3) is 27.9. The highest BCUT2D eigenvalue weighted by molar-refractivity contribution is 5.77. The van der Waals surface area contributed by atoms with Crippen molar-refractivity contribution in [1.82, 2.24) is 10.6 Å². The van der Waals surface area contributed by atoms with Crippen LogP contribution < -0.4 is 10.6 Å². The minimum Gasteiger partial charge on any atom is -0.477 e. The van der Waals surface area contributed by atoms with Gasteiger partial charge in [-0.3, -0.25) is 9.59 Å². The fourth-order valence-electron chi connectivity index (χ4n) is 11.6. The number of carbonyl (C=O) groups is 3. The van der Waals surface area contributed by atoms with Crippen molar-refractivity contribution < 1.29 is 104 Å². The molecule has 23 nitrogen and oxygen atoms in total. The molecule has 3 saturated heterocycles. The zero-order chi connectivity index (χ0) is 63.3. The van der Waals surface area contributed by atoms with E-state index in [4.69, 9.17) is 28.4 Å². The van der Waals surface area contributed by atoms with Gasteiger partial charge < -0.3 is 100 Å². The van der Waals surface area contributed by atoms with Crippen molar-refractivity contribution in [3.05, 3.63) is 12.2 Å². The van der Waals surface area contributed by atoms with Gasteiger partial charge in [0, 0.05) is 19.8 Å². The molecule has 18 atom stereocenters. The second-order valence-electron chi connectivity index (χ2n) is 24.3. The molecule has 23 heteroatoms. The average Bonchev–Trinajstić information content (AvgIpc) is 1.61. The molecule has 18 unspecified atom stereocenters. The van der Waals surface area contributed by atoms with Crippen LogP contribution in [0.2, 0.25) is 0 Å². The van der Waals surface area contributed by atoms with Crippen LogP contribution in [0.5, 0.6) is 0 Å². The molecule has 0 radical (unpaired) electrons. The van der Waals surface area contributed by atoms with Crippen LogP contribution in [-0.2, 0) is 42.8 Å². The van der Waals surface area contributed by atoms with E-state index < -0.39 is 148 Å². The second kappa shape index (κ2) is 44.9. The molecule has 0 saturated carbocycles. The molecule has 0 spiro atoms. The number of rotatable bonds is 49. The van der Waals surface area contributed by atoms with E-state index in [0.717, 1.165) is 71.1 Å². The number of aliphatic hydroxyl groups is 11. The van der Waals surface area contributed by atoms with Gasteiger partial charge in [0.1, 0.15) is 67.1 Å². The van der Waals surface area contributed by atoms with Crippen molar-refractivity contribution in [2.24, 2.45) is 0 Å². The van der Waals surface area contributed by atoms with E-state index in [0.29, 0.717) is 19.3 Å². The summed E-state index contributed by atoms with van der Waals surface area (Å²) in [4.78, 5) is 38.4. The molecule has 14 N–H and O–H groups in total. The van der Waals surface area contributed by atoms with Gasteiger partial charge in [0.25, 0.3) is 5.79 Å². The standard InChI is InChI=1S/C63H116N2O21/c1-4-6-8-10-12-14-16-18-19-20-21-22-23-24-25-26-28-30-32-34-36-45(70)44(65-50(73)37-35-33-31-29-27-17-15-13-11-9-7-5-2)42-81-60-55(77)54(76)57(49(41-68)83-60)84-61-56(78)59(53(75)48(40-67)82-61)86-63(62(79)80)38-46(71)51(64-43(3)69)58(85-63)52(74)47(72)39-66/h13,15,44-49,51-61,66-68,70-72,74-78H,4-12,14,16-42H2,1-3H3,(H,64,69)(H,65,73)(H,79,80)/b15-13-. The van der Waals surface area contributed by atoms with Crippen LogP contribution in [0, 0.1) is 0 Å². The van der Waals surface area contributed by atoms with Crippen LogP contribution in [0.15, 0.2) is 12.2 Å². The topological polar surface area (TPSA) is 373 Å². The molecular formula is C63H116N2O21. The predicted octanol–water partition coefficient (Wildman–Crippen LogP) is 4.73. The van der Waals surface area contributed by atoms with Crippen molar-refractivity contribution in [2.75, 3.05) is 26.4 Å². The molecule has 0 aromatic heterocycles. The smallest absolute Gasteiger partial charge is 0.364 e. The maximum atomic E-state index is 13.4. The maximum absolute atomic E-state index is 13.4. The number of unbranched alkanes of at least 4 members (excludes halogenated alkanes) is 27. The van der Waals surface area contributed by atoms with Gasteiger partial charge in [-0.15, -0.1) is 0 Å². The number of hydrogen-bond acceptors (Lipinski definition) is 20. The number of carboxylic acid groups (broad SMARTS) is 1. The zero-order valence-electron chi connectivity index (χ0n) is 52.2. The minimum absolute atomic E-state index is 0.214. The lowest BCUT2D eigenvalue weighted by molar-refractivity contribution is -0.386. The molecule has 86 heavy (non-hydrogen) atoms. The van der Waals surface area contributed by atoms with E-state index in [9.17, 15) is 75.7 Å². The molecule has 3 rings (SSSR count). The molecule has 0 aromatic rings. The first-order valence-corrected chi connectivity index (χ1v) is 33.0. The van der Waals surface area contributed by atoms with Crippen molar-refractivity contribution in [3.8, 4) is 0 Å². The van der Waals surface area contributed by atoms with Gasteiger partial charge in [0.2, 0.25) is 11.8 Å². The Bertz CT molecular complexity index is 1810. The van der Waals surface area contributed by atoms with Gasteiger partial charge >= 0.3 is 5.97 Å². The van der Waals surface area contributed by atoms with E-state index in [1.807, 2.05) is 0 Å². The van der Waals surface area contributed by atoms with Crippen molar-refractivity contribution >= 4 is 17.8 Å². The zero-order valence-corrected chi connectivity index (χ0v) is 52.2. The molecule has 3 fully saturated rings. The Kier molecular flexibility index (Phi) is 40.5. The predicted molar refractivity (Wildman–Crippen MR) is 320 cm³/mol. The SMILES string of the molecule is CCCCC/C=C\CCCCCCCC(=O)NC(COC1OC(CO)C(OC2OC(CO)C(O)C(OC3(C(=O)O)CC(O)C(NC(C)=O)C(C(O)C(O)CO)O3)C2O)C(O)C1O)C(O)CCCCCCCCCCCCCCCCCCCCCC. The van der Waals surface area contributed by atoms with E-state index in [2.05, 4.69) is 36.6 Å². The molecule has 3 aliphatic rings. The van der Waals surface area contributed by atoms with Gasteiger partial charge in [-0.25, -0.2) is 4.79 Å². The Balaban J connectivity index is 1.61. The van der Waals surface area contributed by atoms with Crippen LogP contribution >= 0.6 is 0 Å². The van der Waals surface area contributed by atoms with Crippen LogP contribution in [0.4, 0.5) is 0 Å². The maximum Gasteiger partial charge on any atom is 0.364 e. The summed E-state index contributed by atoms with van der Waals surface area (Å²) in [6, 6.07) is -2.53. The molecule has 0 bridgehead atoms. The number of carboxylic acids is 1. The van der Waals surface area contributed by atoms with E-state index >= 15 is 0 Å². The number of carbonyl (C=O) groups excluding carboxylic acids is 2. The van der Waals surface area contributed by atoms with Crippen LogP contribution in [0.1, 0.15) is 233 Å². The molecule has 0 aliphatic carbocycles. The minimum atomic E-state index is -3.08. The van der Waals surface area contributed by atoms with Gasteiger partial charge in [0.15, 0.2) is 12.6 Å². The number of ether oxygens (including phenoxy) is 6. The van der Waals surface area contributed by atoms with Crippen LogP contribution in [-0.4, -0.2) is 215 Å². The largest absolute Gasteiger partial charge is 0.477 e. The summed E-state index contributed by atoms with van der Waals surface area (Å²) in [6.45, 7) is 2.16. The van der Waals surface area contributed by atoms with E-state index in [1.165, 1.54) is 116 Å². The Hall–Kier alpha value is -2.53. The fraction of sp³-hybridized carbons (Fsp3) is 0.921. The molecule has 3 heterocycles. The third-order valence-corrected chi connectivity index (χ3v) is 17.0. The van der Waals surface area contributed by atoms with Crippen molar-refractivity contribution in [1.29, 1.82) is 0 Å². The molecule has 504 valence electrons. The average molecular weight is 1240 g/mol. The first-order valence-electron chi connectivity index (χ1n) is 33.0. The molecular weight excluding hydrogens is 1120 g/mol. The highest BCUT2D eigenvalue weighted by Crippen LogP contribution is 2.39. The summed E-state index contributed by atoms with van der Waals surface area (Å²) < 4.78 is 34.8. The van der Waals surface area contributed by atoms with Crippen LogP contribution in [0.25, 0.3) is 0 Å². The first kappa shape index (κ1) is 77.7. The van der Waals surface area contributed by atoms with E-state index in [1.54, 1.807) is 0 Å². The molecule has 3 aliphatic heterocycles. The summed E-state index contributed by atoms with van der Waals surface area (Å²) in [5.74, 6) is -6.11. The van der Waals surface area contributed by atoms with Gasteiger partial charge in [-0.05, 0) is 38.5 Å². The number of allylic oxidation sites excluding steroid dienone is 2. The second-order valence-corrected chi connectivity index (χ2v) is 24.3. The number of aliphatic hydroxyl groups excluding tert-OH is 11. The Morgan fingerprint density at radius 3 is 1.59 bits per heavy atom. The van der Waals surface area contributed by atoms with Gasteiger partial charge in [0.05, 0.1) is 50.7 Å². The third-order valence-electron chi connectivity index (χ3n) is 17.0. The highest BCUT2D eigenvalue weighted by Gasteiger charge is 2.60. The normalized spacial score (nSPS) is 29.4. The van der Waals surface area contributed by atoms with Crippen molar-refractivity contribution in [3.63, 3.8) is 0 Å². The lowest BCUT2D eigenvalue weighted by atomic mass is 9.88. The quantitative estimate of drug-likeness (QED) is 0.0289. The van der Waals surface area contributed by atoms with E-state index in [-0.39, 0.29) is 18.9 Å². The van der Waals surface area contributed by atoms with Gasteiger partial charge in [-0.1, -0.05) is 187 Å². The highest BCUT2D eigenvalue weighted by atomic mass is 16.8. The Morgan fingerprint density at radius 1 is 0.593 bits per heavy atom. The monoisotopic (exact) mass is 1240 g/mol. The molecule has 0 aromatic carbocycles. The number of hydrogen-bond donors (Lipinski definition) is 14. The van der Waals surface area contributed by atoms with Crippen molar-refractivity contribution in [2.45, 2.75) is 342 Å². The fourth-order valence-corrected chi connectivity index (χ4v) is 11.6. The Morgan fingerprint density at radius 2 is 1.08 bits per heavy atom. The number of nitrogens with one attached hydrogen (secondary N) is 2. The summed E-state index contributed by atoms with van der Waals surface area (Å²) in [5.41, 5.74) is 0. The number of aliphatic carboxylic acids is 1. The lowest BCUT2D eigenvalue weighted by Gasteiger charge is -2.50. The lowest BCUT2D eigenvalue weighted by Crippen LogP contribution is -2.70. The molecule has 2 amide bonds. The Labute approximate surface area is 511 Å². The summed E-state index contributed by atoms with van der Waals surface area (Å²) >= 11 is 0. The number of amides is 2. The van der Waals surface area contributed by atoms with Crippen LogP contribution in [0.3, 0.4) is 0 Å².